The minimum Gasteiger partial charge on any atom is -0.497 e. The molecule has 1 aromatic heterocycles. The zero-order chi connectivity index (χ0) is 23.6. The van der Waals surface area contributed by atoms with E-state index in [-0.39, 0.29) is 32.0 Å². The molecule has 1 amide bonds. The zero-order valence-electron chi connectivity index (χ0n) is 16.2. The summed E-state index contributed by atoms with van der Waals surface area (Å²) in [6.07, 6.45) is 0.485. The molecule has 1 fully saturated rings. The summed E-state index contributed by atoms with van der Waals surface area (Å²) in [5.74, 6) is -3.05. The van der Waals surface area contributed by atoms with Crippen molar-refractivity contribution in [3.63, 3.8) is 0 Å². The van der Waals surface area contributed by atoms with Crippen LogP contribution in [0.5, 0.6) is 5.75 Å². The number of furan rings is 1. The third-order valence-corrected chi connectivity index (χ3v) is 5.69. The Morgan fingerprint density at radius 2 is 2.06 bits per heavy atom. The molecule has 2 aromatic rings. The average Bonchev–Trinajstić information content (AvgIpc) is 3.30. The molecule has 0 aliphatic carbocycles. The first-order chi connectivity index (χ1) is 15.1. The molecule has 1 saturated heterocycles. The number of methoxy groups -OCH3 is 1. The molecule has 0 radical (unpaired) electrons. The van der Waals surface area contributed by atoms with E-state index in [4.69, 9.17) is 26.5 Å². The first-order valence-electron chi connectivity index (χ1n) is 8.76. The number of carbonyl (C=O) groups is 3. The monoisotopic (exact) mass is 478 g/mol. The minimum absolute atomic E-state index is 0.0248. The van der Waals surface area contributed by atoms with E-state index in [9.17, 15) is 29.6 Å². The number of nitro benzene ring substituents is 1. The quantitative estimate of drug-likeness (QED) is 0.248. The summed E-state index contributed by atoms with van der Waals surface area (Å²) in [6.45, 7) is 0. The summed E-state index contributed by atoms with van der Waals surface area (Å²) >= 11 is 5.86. The van der Waals surface area contributed by atoms with E-state index in [1.807, 2.05) is 0 Å². The maximum atomic E-state index is 12.7. The van der Waals surface area contributed by atoms with Gasteiger partial charge in [-0.3, -0.25) is 24.6 Å². The molecule has 1 aliphatic rings. The molecule has 32 heavy (non-hydrogen) atoms. The number of aliphatic carboxylic acids is 2. The predicted octanol–water partition coefficient (Wildman–Crippen LogP) is 2.99. The van der Waals surface area contributed by atoms with E-state index >= 15 is 0 Å². The number of hydrogen-bond donors (Lipinski definition) is 2. The van der Waals surface area contributed by atoms with Gasteiger partial charge in [-0.2, -0.15) is 0 Å². The Morgan fingerprint density at radius 3 is 2.66 bits per heavy atom. The van der Waals surface area contributed by atoms with Crippen molar-refractivity contribution in [3.8, 4) is 17.1 Å². The van der Waals surface area contributed by atoms with Gasteiger partial charge in [0.05, 0.1) is 35.0 Å². The van der Waals surface area contributed by atoms with Crippen molar-refractivity contribution in [3.05, 3.63) is 51.1 Å². The molecule has 1 aliphatic heterocycles. The van der Waals surface area contributed by atoms with Crippen LogP contribution < -0.4 is 4.74 Å². The summed E-state index contributed by atoms with van der Waals surface area (Å²) in [6, 6.07) is 5.54. The van der Waals surface area contributed by atoms with Crippen molar-refractivity contribution >= 4 is 57.9 Å². The molecule has 0 saturated carbocycles. The van der Waals surface area contributed by atoms with Crippen LogP contribution >= 0.6 is 24.0 Å². The summed E-state index contributed by atoms with van der Waals surface area (Å²) in [4.78, 5) is 46.7. The maximum absolute atomic E-state index is 12.7. The van der Waals surface area contributed by atoms with Crippen molar-refractivity contribution in [1.82, 2.24) is 4.90 Å². The van der Waals surface area contributed by atoms with Crippen LogP contribution in [0, 0.1) is 10.1 Å². The number of ether oxygens (including phenoxy) is 1. The van der Waals surface area contributed by atoms with Gasteiger partial charge in [0.15, 0.2) is 0 Å². The van der Waals surface area contributed by atoms with Gasteiger partial charge in [0, 0.05) is 6.08 Å². The van der Waals surface area contributed by atoms with Crippen LogP contribution in [0.15, 0.2) is 39.7 Å². The number of carboxylic acids is 2. The number of amides is 1. The molecule has 166 valence electrons. The highest BCUT2D eigenvalue weighted by Crippen LogP contribution is 2.37. The van der Waals surface area contributed by atoms with Gasteiger partial charge in [0.1, 0.15) is 27.6 Å². The van der Waals surface area contributed by atoms with E-state index in [0.29, 0.717) is 5.75 Å². The highest BCUT2D eigenvalue weighted by atomic mass is 32.2. The van der Waals surface area contributed by atoms with Crippen LogP contribution in [0.4, 0.5) is 5.69 Å². The number of hydrogen-bond acceptors (Lipinski definition) is 9. The molecule has 3 rings (SSSR count). The van der Waals surface area contributed by atoms with Crippen LogP contribution in [0.25, 0.3) is 17.4 Å². The van der Waals surface area contributed by atoms with Crippen LogP contribution in [-0.2, 0) is 14.4 Å². The third-order valence-electron chi connectivity index (χ3n) is 4.36. The number of nitrogens with zero attached hydrogens (tertiary/aromatic N) is 2. The van der Waals surface area contributed by atoms with Crippen LogP contribution in [-0.4, -0.2) is 55.4 Å². The van der Waals surface area contributed by atoms with Crippen molar-refractivity contribution < 1.29 is 38.7 Å². The Balaban J connectivity index is 1.91. The highest BCUT2D eigenvalue weighted by Gasteiger charge is 2.41. The Bertz CT molecular complexity index is 1170. The molecule has 13 heteroatoms. The number of thioether (sulfide) groups is 1. The summed E-state index contributed by atoms with van der Waals surface area (Å²) in [7, 11) is 1.38. The molecule has 2 N–H and O–H groups in total. The Kier molecular flexibility index (Phi) is 6.60. The summed E-state index contributed by atoms with van der Waals surface area (Å²) in [5, 5.41) is 29.6. The van der Waals surface area contributed by atoms with Crippen LogP contribution in [0.1, 0.15) is 12.2 Å². The average molecular weight is 478 g/mol. The fourth-order valence-corrected chi connectivity index (χ4v) is 4.24. The lowest BCUT2D eigenvalue weighted by Gasteiger charge is -2.21. The van der Waals surface area contributed by atoms with Gasteiger partial charge < -0.3 is 19.4 Å². The Hall–Kier alpha value is -3.71. The molecule has 0 spiro atoms. The van der Waals surface area contributed by atoms with E-state index in [1.54, 1.807) is 0 Å². The van der Waals surface area contributed by atoms with Gasteiger partial charge in [0.2, 0.25) is 0 Å². The van der Waals surface area contributed by atoms with Gasteiger partial charge in [-0.1, -0.05) is 24.0 Å². The van der Waals surface area contributed by atoms with Gasteiger partial charge >= 0.3 is 11.9 Å². The number of benzene rings is 1. The van der Waals surface area contributed by atoms with Gasteiger partial charge in [-0.05, 0) is 24.3 Å². The van der Waals surface area contributed by atoms with Crippen molar-refractivity contribution in [1.29, 1.82) is 0 Å². The second-order valence-corrected chi connectivity index (χ2v) is 8.02. The third kappa shape index (κ3) is 4.63. The Morgan fingerprint density at radius 1 is 1.34 bits per heavy atom. The summed E-state index contributed by atoms with van der Waals surface area (Å²) in [5.41, 5.74) is -0.0510. The lowest BCUT2D eigenvalue weighted by molar-refractivity contribution is -0.384. The SMILES string of the molecule is COc1ccc(-c2ccc(/C=C3\SC(=S)N([C@@H](CC(=O)O)C(=O)O)C3=O)o2)c([N+](=O)[O-])c1. The normalized spacial score (nSPS) is 15.8. The summed E-state index contributed by atoms with van der Waals surface area (Å²) < 4.78 is 10.5. The van der Waals surface area contributed by atoms with E-state index < -0.39 is 35.2 Å². The second kappa shape index (κ2) is 9.20. The van der Waals surface area contributed by atoms with E-state index in [2.05, 4.69) is 0 Å². The van der Waals surface area contributed by atoms with Crippen molar-refractivity contribution in [2.75, 3.05) is 7.11 Å². The van der Waals surface area contributed by atoms with Crippen molar-refractivity contribution in [2.24, 2.45) is 0 Å². The lowest BCUT2D eigenvalue weighted by atomic mass is 10.1. The highest BCUT2D eigenvalue weighted by molar-refractivity contribution is 8.26. The standard InChI is InChI=1S/C19H14N2O9S2/c1-29-9-2-4-11(12(6-9)21(27)28)14-5-3-10(30-14)7-15-17(24)20(19(31)32-15)13(18(25)26)8-16(22)23/h2-7,13H,8H2,1H3,(H,22,23)(H,25,26)/b15-7-/t13-/m0/s1. The number of rotatable bonds is 8. The molecular formula is C19H14N2O9S2. The van der Waals surface area contributed by atoms with Crippen molar-refractivity contribution in [2.45, 2.75) is 12.5 Å². The smallest absolute Gasteiger partial charge is 0.327 e. The fourth-order valence-electron chi connectivity index (χ4n) is 2.91. The number of carboxylic acid groups (broad SMARTS) is 2. The zero-order valence-corrected chi connectivity index (χ0v) is 17.8. The minimum atomic E-state index is -1.65. The van der Waals surface area contributed by atoms with Crippen LogP contribution in [0.3, 0.4) is 0 Å². The first kappa shape index (κ1) is 23.0. The van der Waals surface area contributed by atoms with E-state index in [0.717, 1.165) is 16.7 Å². The van der Waals surface area contributed by atoms with Gasteiger partial charge in [0.25, 0.3) is 11.6 Å². The topological polar surface area (TPSA) is 160 Å². The number of thiocarbonyl (C=S) groups is 1. The number of nitro groups is 1. The Labute approximate surface area is 189 Å². The molecular weight excluding hydrogens is 464 g/mol. The number of carbonyl (C=O) groups excluding carboxylic acids is 1. The second-order valence-electron chi connectivity index (χ2n) is 6.35. The van der Waals surface area contributed by atoms with Crippen LogP contribution in [0.2, 0.25) is 0 Å². The van der Waals surface area contributed by atoms with Gasteiger partial charge in [-0.25, -0.2) is 4.79 Å². The molecule has 2 heterocycles. The van der Waals surface area contributed by atoms with E-state index in [1.165, 1.54) is 43.5 Å². The molecule has 0 bridgehead atoms. The maximum Gasteiger partial charge on any atom is 0.327 e. The predicted molar refractivity (Wildman–Crippen MR) is 116 cm³/mol. The molecule has 1 atom stereocenters. The fraction of sp³-hybridized carbons (Fsp3) is 0.158. The molecule has 1 aromatic carbocycles. The largest absolute Gasteiger partial charge is 0.497 e. The lowest BCUT2D eigenvalue weighted by Crippen LogP contribution is -2.45. The molecule has 11 nitrogen and oxygen atoms in total. The van der Waals surface area contributed by atoms with Gasteiger partial charge in [-0.15, -0.1) is 0 Å². The first-order valence-corrected chi connectivity index (χ1v) is 9.99. The molecule has 0 unspecified atom stereocenters.